The quantitative estimate of drug-likeness (QED) is 0.423. The number of carbonyl (C=O) groups is 2. The Morgan fingerprint density at radius 2 is 1.50 bits per heavy atom. The number of azo groups is 1. The second-order valence-corrected chi connectivity index (χ2v) is 6.89. The first-order chi connectivity index (χ1) is 14.5. The molecule has 0 bridgehead atoms. The van der Waals surface area contributed by atoms with Gasteiger partial charge in [-0.15, -0.1) is 0 Å². The summed E-state index contributed by atoms with van der Waals surface area (Å²) in [6.07, 6.45) is 0.134. The van der Waals surface area contributed by atoms with E-state index in [-0.39, 0.29) is 13.0 Å². The lowest BCUT2D eigenvalue weighted by atomic mass is 10.0. The van der Waals surface area contributed by atoms with Gasteiger partial charge in [-0.05, 0) is 66.9 Å². The Labute approximate surface area is 175 Å². The molecule has 6 heteroatoms. The molecule has 0 unspecified atom stereocenters. The summed E-state index contributed by atoms with van der Waals surface area (Å²) in [5.41, 5.74) is 5.16. The van der Waals surface area contributed by atoms with Gasteiger partial charge >= 0.3 is 5.97 Å². The maximum Gasteiger partial charge on any atom is 0.310 e. The Kier molecular flexibility index (Phi) is 7.05. The number of esters is 1. The van der Waals surface area contributed by atoms with Crippen LogP contribution in [0, 0.1) is 13.8 Å². The lowest BCUT2D eigenvalue weighted by molar-refractivity contribution is -0.146. The Morgan fingerprint density at radius 3 is 2.17 bits per heavy atom. The molecule has 0 heterocycles. The van der Waals surface area contributed by atoms with E-state index in [1.54, 1.807) is 24.3 Å². The summed E-state index contributed by atoms with van der Waals surface area (Å²) in [4.78, 5) is 24.0. The average molecular weight is 401 g/mol. The molecule has 30 heavy (non-hydrogen) atoms. The first kappa shape index (κ1) is 20.9. The van der Waals surface area contributed by atoms with E-state index in [1.807, 2.05) is 62.4 Å². The molecule has 3 aromatic rings. The number of carbonyl (C=O) groups excluding carboxylic acids is 2. The van der Waals surface area contributed by atoms with Crippen LogP contribution in [0.3, 0.4) is 0 Å². The molecule has 6 nitrogen and oxygen atoms in total. The number of aryl methyl sites for hydroxylation is 2. The number of benzene rings is 3. The van der Waals surface area contributed by atoms with Crippen LogP contribution in [-0.4, -0.2) is 18.5 Å². The fourth-order valence-corrected chi connectivity index (χ4v) is 2.70. The largest absolute Gasteiger partial charge is 0.455 e. The second-order valence-electron chi connectivity index (χ2n) is 6.89. The molecule has 3 rings (SSSR count). The highest BCUT2D eigenvalue weighted by Gasteiger charge is 2.09. The first-order valence-corrected chi connectivity index (χ1v) is 9.58. The number of anilines is 1. The second kappa shape index (κ2) is 10.1. The highest BCUT2D eigenvalue weighted by molar-refractivity contribution is 5.93. The van der Waals surface area contributed by atoms with Crippen molar-refractivity contribution >= 4 is 28.9 Å². The third-order valence-corrected chi connectivity index (χ3v) is 4.47. The zero-order chi connectivity index (χ0) is 21.3. The number of nitrogens with zero attached hydrogens (tertiary/aromatic N) is 2. The lowest BCUT2D eigenvalue weighted by Crippen LogP contribution is -2.21. The van der Waals surface area contributed by atoms with Crippen LogP contribution in [0.4, 0.5) is 17.1 Å². The number of ether oxygens (including phenoxy) is 1. The highest BCUT2D eigenvalue weighted by Crippen LogP contribution is 2.20. The molecule has 1 N–H and O–H groups in total. The van der Waals surface area contributed by atoms with Gasteiger partial charge in [0.05, 0.1) is 17.8 Å². The van der Waals surface area contributed by atoms with Crippen LogP contribution in [0.5, 0.6) is 0 Å². The van der Waals surface area contributed by atoms with E-state index in [0.29, 0.717) is 11.4 Å². The summed E-state index contributed by atoms with van der Waals surface area (Å²) < 4.78 is 5.08. The molecule has 0 radical (unpaired) electrons. The van der Waals surface area contributed by atoms with E-state index in [0.717, 1.165) is 16.8 Å². The van der Waals surface area contributed by atoms with E-state index in [4.69, 9.17) is 4.74 Å². The Bertz CT molecular complexity index is 1050. The number of hydrogen-bond acceptors (Lipinski definition) is 5. The fraction of sp³-hybridized carbons (Fsp3) is 0.167. The number of nitrogens with one attached hydrogen (secondary N) is 1. The van der Waals surface area contributed by atoms with Crippen LogP contribution < -0.4 is 5.32 Å². The fourth-order valence-electron chi connectivity index (χ4n) is 2.70. The molecule has 0 spiro atoms. The van der Waals surface area contributed by atoms with Crippen LogP contribution in [-0.2, 0) is 20.7 Å². The van der Waals surface area contributed by atoms with Gasteiger partial charge in [0.2, 0.25) is 0 Å². The Morgan fingerprint density at radius 1 is 0.833 bits per heavy atom. The minimum absolute atomic E-state index is 0.134. The van der Waals surface area contributed by atoms with Gasteiger partial charge in [0.1, 0.15) is 0 Å². The van der Waals surface area contributed by atoms with Gasteiger partial charge in [0.15, 0.2) is 6.61 Å². The predicted octanol–water partition coefficient (Wildman–Crippen LogP) is 5.44. The van der Waals surface area contributed by atoms with Gasteiger partial charge in [-0.2, -0.15) is 10.2 Å². The van der Waals surface area contributed by atoms with Gasteiger partial charge in [-0.3, -0.25) is 9.59 Å². The van der Waals surface area contributed by atoms with Crippen molar-refractivity contribution in [2.45, 2.75) is 20.3 Å². The first-order valence-electron chi connectivity index (χ1n) is 9.58. The van der Waals surface area contributed by atoms with Crippen LogP contribution in [0.1, 0.15) is 16.7 Å². The molecule has 3 aromatic carbocycles. The van der Waals surface area contributed by atoms with Crippen LogP contribution in [0.15, 0.2) is 83.0 Å². The molecular formula is C24H23N3O3. The number of hydrogen-bond donors (Lipinski definition) is 1. The molecule has 0 fully saturated rings. The van der Waals surface area contributed by atoms with Gasteiger partial charge in [0, 0.05) is 5.69 Å². The maximum absolute atomic E-state index is 12.0. The Balaban J connectivity index is 1.45. The van der Waals surface area contributed by atoms with Crippen molar-refractivity contribution in [2.24, 2.45) is 10.2 Å². The van der Waals surface area contributed by atoms with Crippen molar-refractivity contribution in [1.82, 2.24) is 0 Å². The third-order valence-electron chi connectivity index (χ3n) is 4.47. The molecule has 0 aliphatic rings. The highest BCUT2D eigenvalue weighted by atomic mass is 16.5. The van der Waals surface area contributed by atoms with E-state index in [1.165, 1.54) is 5.56 Å². The van der Waals surface area contributed by atoms with Gasteiger partial charge in [-0.1, -0.05) is 36.4 Å². The van der Waals surface area contributed by atoms with Gasteiger partial charge in [0.25, 0.3) is 5.91 Å². The van der Waals surface area contributed by atoms with Gasteiger partial charge < -0.3 is 10.1 Å². The third kappa shape index (κ3) is 6.38. The summed E-state index contributed by atoms with van der Waals surface area (Å²) in [5.74, 6) is -0.841. The SMILES string of the molecule is Cc1ccc(CC(=O)OCC(=O)Nc2ccc(N=Nc3ccccc3)cc2)cc1C. The maximum atomic E-state index is 12.0. The van der Waals surface area contributed by atoms with Crippen molar-refractivity contribution in [3.05, 3.63) is 89.5 Å². The number of rotatable bonds is 7. The van der Waals surface area contributed by atoms with E-state index >= 15 is 0 Å². The molecule has 0 aliphatic heterocycles. The Hall–Kier alpha value is -3.80. The van der Waals surface area contributed by atoms with Crippen molar-refractivity contribution in [3.8, 4) is 0 Å². The molecule has 0 saturated carbocycles. The van der Waals surface area contributed by atoms with Crippen molar-refractivity contribution < 1.29 is 14.3 Å². The molecule has 0 atom stereocenters. The van der Waals surface area contributed by atoms with Crippen LogP contribution in [0.2, 0.25) is 0 Å². The monoisotopic (exact) mass is 401 g/mol. The topological polar surface area (TPSA) is 80.1 Å². The smallest absolute Gasteiger partial charge is 0.310 e. The zero-order valence-electron chi connectivity index (χ0n) is 17.0. The summed E-state index contributed by atoms with van der Waals surface area (Å²) in [5, 5.41) is 11.0. The standard InChI is InChI=1S/C24H23N3O3/c1-17-8-9-19(14-18(17)2)15-24(29)30-16-23(28)25-20-10-12-22(13-11-20)27-26-21-6-4-3-5-7-21/h3-14H,15-16H2,1-2H3,(H,25,28). The van der Waals surface area contributed by atoms with E-state index < -0.39 is 11.9 Å². The average Bonchev–Trinajstić information content (AvgIpc) is 2.75. The predicted molar refractivity (Wildman–Crippen MR) is 116 cm³/mol. The summed E-state index contributed by atoms with van der Waals surface area (Å²) in [6.45, 7) is 3.67. The van der Waals surface area contributed by atoms with Crippen molar-refractivity contribution in [2.75, 3.05) is 11.9 Å². The summed E-state index contributed by atoms with van der Waals surface area (Å²) >= 11 is 0. The number of amides is 1. The normalized spacial score (nSPS) is 10.7. The minimum Gasteiger partial charge on any atom is -0.455 e. The summed E-state index contributed by atoms with van der Waals surface area (Å²) in [7, 11) is 0. The van der Waals surface area contributed by atoms with E-state index in [2.05, 4.69) is 15.5 Å². The summed E-state index contributed by atoms with van der Waals surface area (Å²) in [6, 6.07) is 22.1. The molecular weight excluding hydrogens is 378 g/mol. The molecule has 1 amide bonds. The zero-order valence-corrected chi connectivity index (χ0v) is 17.0. The van der Waals surface area contributed by atoms with Crippen LogP contribution >= 0.6 is 0 Å². The lowest BCUT2D eigenvalue weighted by Gasteiger charge is -2.08. The van der Waals surface area contributed by atoms with Crippen LogP contribution in [0.25, 0.3) is 0 Å². The van der Waals surface area contributed by atoms with Gasteiger partial charge in [-0.25, -0.2) is 0 Å². The van der Waals surface area contributed by atoms with Crippen molar-refractivity contribution in [1.29, 1.82) is 0 Å². The molecule has 0 saturated heterocycles. The molecule has 0 aromatic heterocycles. The minimum atomic E-state index is -0.440. The van der Waals surface area contributed by atoms with Crippen molar-refractivity contribution in [3.63, 3.8) is 0 Å². The molecule has 152 valence electrons. The van der Waals surface area contributed by atoms with E-state index in [9.17, 15) is 9.59 Å². The molecule has 0 aliphatic carbocycles.